The average Bonchev–Trinajstić information content (AvgIpc) is 2.38. The molecule has 0 fully saturated rings. The summed E-state index contributed by atoms with van der Waals surface area (Å²) < 4.78 is 25.0. The van der Waals surface area contributed by atoms with Crippen LogP contribution in [0.4, 0.5) is 0 Å². The highest BCUT2D eigenvalue weighted by molar-refractivity contribution is 7.91. The molecule has 0 atom stereocenters. The number of benzene rings is 2. The van der Waals surface area contributed by atoms with Crippen molar-refractivity contribution in [3.05, 3.63) is 47.0 Å². The fourth-order valence-corrected chi connectivity index (χ4v) is 3.41. The molecule has 0 aromatic heterocycles. The Bertz CT molecular complexity index is 753. The highest BCUT2D eigenvalue weighted by Crippen LogP contribution is 2.30. The van der Waals surface area contributed by atoms with E-state index in [1.807, 2.05) is 0 Å². The molecule has 2 N–H and O–H groups in total. The van der Waals surface area contributed by atoms with Gasteiger partial charge in [-0.1, -0.05) is 6.07 Å². The Morgan fingerprint density at radius 2 is 1.35 bits per heavy atom. The van der Waals surface area contributed by atoms with Crippen LogP contribution in [0.2, 0.25) is 0 Å². The molecule has 20 heavy (non-hydrogen) atoms. The molecule has 0 spiro atoms. The summed E-state index contributed by atoms with van der Waals surface area (Å²) in [5.74, 6) is 0.0361. The van der Waals surface area contributed by atoms with Gasteiger partial charge in [-0.2, -0.15) is 0 Å². The standard InChI is InChI=1S/C15H16O4S/c1-9-4-5-12(8-14(9)16)20(18,19)13-6-10(2)15(17)11(3)7-13/h4-8,16-17H,1-3H3. The molecular weight excluding hydrogens is 276 g/mol. The highest BCUT2D eigenvalue weighted by Gasteiger charge is 2.20. The molecule has 4 nitrogen and oxygen atoms in total. The Morgan fingerprint density at radius 3 is 1.85 bits per heavy atom. The van der Waals surface area contributed by atoms with E-state index in [1.54, 1.807) is 26.8 Å². The summed E-state index contributed by atoms with van der Waals surface area (Å²) in [5.41, 5.74) is 1.61. The van der Waals surface area contributed by atoms with Gasteiger partial charge in [0.25, 0.3) is 0 Å². The maximum Gasteiger partial charge on any atom is 0.206 e. The van der Waals surface area contributed by atoms with E-state index in [4.69, 9.17) is 0 Å². The van der Waals surface area contributed by atoms with Gasteiger partial charge in [-0.25, -0.2) is 8.42 Å². The third-order valence-electron chi connectivity index (χ3n) is 3.27. The first-order valence-electron chi connectivity index (χ1n) is 6.08. The first kappa shape index (κ1) is 14.4. The third kappa shape index (κ3) is 2.36. The predicted molar refractivity (Wildman–Crippen MR) is 75.9 cm³/mol. The van der Waals surface area contributed by atoms with Crippen LogP contribution >= 0.6 is 0 Å². The quantitative estimate of drug-likeness (QED) is 0.892. The van der Waals surface area contributed by atoms with Crippen LogP contribution in [0.25, 0.3) is 0 Å². The van der Waals surface area contributed by atoms with Gasteiger partial charge in [0.2, 0.25) is 9.84 Å². The lowest BCUT2D eigenvalue weighted by Crippen LogP contribution is -2.03. The van der Waals surface area contributed by atoms with Gasteiger partial charge in [0.1, 0.15) is 11.5 Å². The minimum atomic E-state index is -3.71. The van der Waals surface area contributed by atoms with Crippen LogP contribution in [0.5, 0.6) is 11.5 Å². The molecule has 0 aliphatic heterocycles. The molecule has 0 radical (unpaired) electrons. The van der Waals surface area contributed by atoms with Gasteiger partial charge in [-0.3, -0.25) is 0 Å². The van der Waals surface area contributed by atoms with Crippen molar-refractivity contribution < 1.29 is 18.6 Å². The summed E-state index contributed by atoms with van der Waals surface area (Å²) in [6.07, 6.45) is 0. The van der Waals surface area contributed by atoms with Gasteiger partial charge in [0.15, 0.2) is 0 Å². The van der Waals surface area contributed by atoms with Crippen molar-refractivity contribution in [3.63, 3.8) is 0 Å². The van der Waals surface area contributed by atoms with Crippen molar-refractivity contribution in [1.82, 2.24) is 0 Å². The van der Waals surface area contributed by atoms with Crippen LogP contribution in [0, 0.1) is 20.8 Å². The number of aromatic hydroxyl groups is 2. The molecule has 2 aromatic rings. The molecule has 0 heterocycles. The number of rotatable bonds is 2. The minimum absolute atomic E-state index is 0.0325. The van der Waals surface area contributed by atoms with E-state index in [2.05, 4.69) is 0 Å². The van der Waals surface area contributed by atoms with Gasteiger partial charge in [0, 0.05) is 0 Å². The van der Waals surface area contributed by atoms with E-state index in [0.29, 0.717) is 16.7 Å². The number of aryl methyl sites for hydroxylation is 3. The zero-order valence-corrected chi connectivity index (χ0v) is 12.3. The number of hydrogen-bond acceptors (Lipinski definition) is 4. The number of phenols is 2. The number of sulfone groups is 1. The second-order valence-corrected chi connectivity index (χ2v) is 6.81. The van der Waals surface area contributed by atoms with E-state index in [-0.39, 0.29) is 21.3 Å². The largest absolute Gasteiger partial charge is 0.508 e. The Balaban J connectivity index is 2.63. The van der Waals surface area contributed by atoms with Crippen LogP contribution in [-0.2, 0) is 9.84 Å². The molecule has 0 unspecified atom stereocenters. The lowest BCUT2D eigenvalue weighted by molar-refractivity contribution is 0.466. The molecule has 0 aliphatic rings. The van der Waals surface area contributed by atoms with Crippen molar-refractivity contribution >= 4 is 9.84 Å². The molecule has 0 aliphatic carbocycles. The lowest BCUT2D eigenvalue weighted by Gasteiger charge is -2.10. The first-order chi connectivity index (χ1) is 9.23. The summed E-state index contributed by atoms with van der Waals surface area (Å²) in [5, 5.41) is 19.4. The molecule has 0 amide bonds. The topological polar surface area (TPSA) is 74.6 Å². The van der Waals surface area contributed by atoms with Crippen molar-refractivity contribution in [2.24, 2.45) is 0 Å². The lowest BCUT2D eigenvalue weighted by atomic mass is 10.1. The normalized spacial score (nSPS) is 11.6. The van der Waals surface area contributed by atoms with Gasteiger partial charge < -0.3 is 10.2 Å². The molecule has 0 saturated heterocycles. The molecule has 106 valence electrons. The van der Waals surface area contributed by atoms with Crippen LogP contribution in [-0.4, -0.2) is 18.6 Å². The Morgan fingerprint density at radius 1 is 0.800 bits per heavy atom. The zero-order valence-electron chi connectivity index (χ0n) is 11.5. The van der Waals surface area contributed by atoms with E-state index in [9.17, 15) is 18.6 Å². The fraction of sp³-hybridized carbons (Fsp3) is 0.200. The van der Waals surface area contributed by atoms with Crippen molar-refractivity contribution in [1.29, 1.82) is 0 Å². The first-order valence-corrected chi connectivity index (χ1v) is 7.56. The van der Waals surface area contributed by atoms with E-state index in [0.717, 1.165) is 0 Å². The summed E-state index contributed by atoms with van der Waals surface area (Å²) >= 11 is 0. The molecule has 0 saturated carbocycles. The Kier molecular flexibility index (Phi) is 3.48. The number of phenolic OH excluding ortho intramolecular Hbond substituents is 2. The van der Waals surface area contributed by atoms with E-state index in [1.165, 1.54) is 24.3 Å². The molecular formula is C15H16O4S. The Labute approximate surface area is 118 Å². The van der Waals surface area contributed by atoms with Crippen molar-refractivity contribution in [2.45, 2.75) is 30.6 Å². The van der Waals surface area contributed by atoms with Crippen LogP contribution in [0.15, 0.2) is 40.1 Å². The maximum absolute atomic E-state index is 12.5. The monoisotopic (exact) mass is 292 g/mol. The molecule has 0 bridgehead atoms. The highest BCUT2D eigenvalue weighted by atomic mass is 32.2. The minimum Gasteiger partial charge on any atom is -0.508 e. The van der Waals surface area contributed by atoms with Crippen molar-refractivity contribution in [2.75, 3.05) is 0 Å². The van der Waals surface area contributed by atoms with Gasteiger partial charge in [-0.15, -0.1) is 0 Å². The second-order valence-electron chi connectivity index (χ2n) is 4.86. The van der Waals surface area contributed by atoms with E-state index >= 15 is 0 Å². The summed E-state index contributed by atoms with van der Waals surface area (Å²) in [6.45, 7) is 4.99. The fourth-order valence-electron chi connectivity index (χ4n) is 1.96. The van der Waals surface area contributed by atoms with Gasteiger partial charge >= 0.3 is 0 Å². The maximum atomic E-state index is 12.5. The smallest absolute Gasteiger partial charge is 0.206 e. The van der Waals surface area contributed by atoms with Gasteiger partial charge in [0.05, 0.1) is 9.79 Å². The zero-order chi connectivity index (χ0) is 15.1. The SMILES string of the molecule is Cc1ccc(S(=O)(=O)c2cc(C)c(O)c(C)c2)cc1O. The van der Waals surface area contributed by atoms with Gasteiger partial charge in [-0.05, 0) is 61.7 Å². The molecule has 2 rings (SSSR count). The van der Waals surface area contributed by atoms with Crippen LogP contribution in [0.1, 0.15) is 16.7 Å². The Hall–Kier alpha value is -2.01. The second kappa shape index (κ2) is 4.83. The summed E-state index contributed by atoms with van der Waals surface area (Å²) in [6, 6.07) is 7.11. The van der Waals surface area contributed by atoms with Crippen LogP contribution < -0.4 is 0 Å². The van der Waals surface area contributed by atoms with Crippen molar-refractivity contribution in [3.8, 4) is 11.5 Å². The summed E-state index contributed by atoms with van der Waals surface area (Å²) in [4.78, 5) is 0.138. The summed E-state index contributed by atoms with van der Waals surface area (Å²) in [7, 11) is -3.71. The van der Waals surface area contributed by atoms with E-state index < -0.39 is 9.84 Å². The third-order valence-corrected chi connectivity index (χ3v) is 5.00. The molecule has 5 heteroatoms. The average molecular weight is 292 g/mol. The predicted octanol–water partition coefficient (Wildman–Crippen LogP) is 2.86. The number of hydrogen-bond donors (Lipinski definition) is 2. The van der Waals surface area contributed by atoms with Crippen LogP contribution in [0.3, 0.4) is 0 Å². The molecule has 2 aromatic carbocycles.